The summed E-state index contributed by atoms with van der Waals surface area (Å²) in [6.07, 6.45) is 12.2. The first kappa shape index (κ1) is 23.3. The lowest BCUT2D eigenvalue weighted by Gasteiger charge is -2.29. The van der Waals surface area contributed by atoms with Gasteiger partial charge in [0.15, 0.2) is 5.65 Å². The number of aryl methyl sites for hydroxylation is 1. The van der Waals surface area contributed by atoms with Crippen molar-refractivity contribution in [2.75, 3.05) is 11.4 Å². The standard InChI is InChI=1S/C29H28FN5O2/c30-22-12-13-25-21(15-22)5-4-14-34(25)29(37)24-18-35-26(16-32-27(35)17-31-24)19-8-10-20(11-9-19)28(36)33-23-6-2-1-3-7-23/h8-13,15-18,23H,1-7,14H2,(H,33,36). The van der Waals surface area contributed by atoms with Crippen LogP contribution in [0.1, 0.15) is 64.9 Å². The molecule has 1 saturated carbocycles. The molecule has 0 bridgehead atoms. The van der Waals surface area contributed by atoms with Crippen molar-refractivity contribution in [1.29, 1.82) is 0 Å². The van der Waals surface area contributed by atoms with Gasteiger partial charge in [0.2, 0.25) is 0 Å². The van der Waals surface area contributed by atoms with Gasteiger partial charge in [-0.05, 0) is 61.6 Å². The normalized spacial score (nSPS) is 16.0. The largest absolute Gasteiger partial charge is 0.349 e. The van der Waals surface area contributed by atoms with E-state index in [-0.39, 0.29) is 29.4 Å². The first-order valence-corrected chi connectivity index (χ1v) is 12.9. The Morgan fingerprint density at radius 3 is 2.57 bits per heavy atom. The lowest BCUT2D eigenvalue weighted by atomic mass is 9.95. The molecule has 1 aliphatic heterocycles. The fraction of sp³-hybridized carbons (Fsp3) is 0.310. The molecule has 7 nitrogen and oxygen atoms in total. The van der Waals surface area contributed by atoms with E-state index in [1.54, 1.807) is 29.6 Å². The molecule has 1 fully saturated rings. The number of imidazole rings is 1. The smallest absolute Gasteiger partial charge is 0.278 e. The molecule has 6 rings (SSSR count). The van der Waals surface area contributed by atoms with E-state index >= 15 is 0 Å². The molecule has 2 amide bonds. The summed E-state index contributed by atoms with van der Waals surface area (Å²) in [5, 5.41) is 3.15. The maximum atomic E-state index is 13.7. The summed E-state index contributed by atoms with van der Waals surface area (Å²) in [6.45, 7) is 0.554. The van der Waals surface area contributed by atoms with E-state index in [4.69, 9.17) is 0 Å². The number of hydrogen-bond donors (Lipinski definition) is 1. The third-order valence-corrected chi connectivity index (χ3v) is 7.40. The molecule has 2 aromatic carbocycles. The molecular formula is C29H28FN5O2. The van der Waals surface area contributed by atoms with Crippen LogP contribution in [0.2, 0.25) is 0 Å². The second kappa shape index (κ2) is 9.76. The number of benzene rings is 2. The molecule has 3 heterocycles. The number of fused-ring (bicyclic) bond motifs is 2. The number of nitrogens with one attached hydrogen (secondary N) is 1. The Bertz CT molecular complexity index is 1470. The van der Waals surface area contributed by atoms with Crippen LogP contribution in [0.4, 0.5) is 10.1 Å². The zero-order valence-electron chi connectivity index (χ0n) is 20.5. The first-order valence-electron chi connectivity index (χ1n) is 12.9. The topological polar surface area (TPSA) is 79.6 Å². The van der Waals surface area contributed by atoms with Crippen LogP contribution in [0, 0.1) is 5.82 Å². The van der Waals surface area contributed by atoms with Crippen LogP contribution in [-0.4, -0.2) is 38.8 Å². The molecule has 0 atom stereocenters. The van der Waals surface area contributed by atoms with Gasteiger partial charge in [0.25, 0.3) is 11.8 Å². The number of hydrogen-bond acceptors (Lipinski definition) is 4. The highest BCUT2D eigenvalue weighted by Crippen LogP contribution is 2.29. The van der Waals surface area contributed by atoms with E-state index < -0.39 is 0 Å². The van der Waals surface area contributed by atoms with Gasteiger partial charge in [0, 0.05) is 35.6 Å². The molecule has 37 heavy (non-hydrogen) atoms. The number of amides is 2. The number of aromatic nitrogens is 3. The maximum absolute atomic E-state index is 13.7. The summed E-state index contributed by atoms with van der Waals surface area (Å²) in [4.78, 5) is 36.6. The van der Waals surface area contributed by atoms with Crippen molar-refractivity contribution in [3.8, 4) is 11.3 Å². The zero-order chi connectivity index (χ0) is 25.4. The highest BCUT2D eigenvalue weighted by Gasteiger charge is 2.25. The van der Waals surface area contributed by atoms with E-state index in [2.05, 4.69) is 15.3 Å². The molecule has 1 aliphatic carbocycles. The molecule has 4 aromatic rings. The van der Waals surface area contributed by atoms with Crippen molar-refractivity contribution in [3.63, 3.8) is 0 Å². The third-order valence-electron chi connectivity index (χ3n) is 7.40. The monoisotopic (exact) mass is 497 g/mol. The number of anilines is 1. The molecule has 8 heteroatoms. The van der Waals surface area contributed by atoms with Crippen LogP contribution in [-0.2, 0) is 6.42 Å². The Balaban J connectivity index is 1.25. The third kappa shape index (κ3) is 4.59. The fourth-order valence-electron chi connectivity index (χ4n) is 5.44. The van der Waals surface area contributed by atoms with Crippen molar-refractivity contribution in [2.24, 2.45) is 0 Å². The van der Waals surface area contributed by atoms with E-state index in [1.165, 1.54) is 31.4 Å². The van der Waals surface area contributed by atoms with Crippen molar-refractivity contribution >= 4 is 23.1 Å². The van der Waals surface area contributed by atoms with Crippen LogP contribution < -0.4 is 10.2 Å². The Morgan fingerprint density at radius 2 is 1.76 bits per heavy atom. The molecule has 2 aromatic heterocycles. The quantitative estimate of drug-likeness (QED) is 0.421. The predicted octanol–water partition coefficient (Wildman–Crippen LogP) is 5.19. The predicted molar refractivity (Wildman–Crippen MR) is 139 cm³/mol. The van der Waals surface area contributed by atoms with Crippen LogP contribution in [0.25, 0.3) is 16.9 Å². The van der Waals surface area contributed by atoms with Gasteiger partial charge in [-0.3, -0.25) is 14.0 Å². The summed E-state index contributed by atoms with van der Waals surface area (Å²) in [5.74, 6) is -0.577. The Labute approximate surface area is 214 Å². The lowest BCUT2D eigenvalue weighted by Crippen LogP contribution is -2.36. The highest BCUT2D eigenvalue weighted by molar-refractivity contribution is 6.05. The molecular weight excluding hydrogens is 469 g/mol. The van der Waals surface area contributed by atoms with E-state index in [9.17, 15) is 14.0 Å². The van der Waals surface area contributed by atoms with E-state index in [0.717, 1.165) is 48.2 Å². The molecule has 0 unspecified atom stereocenters. The van der Waals surface area contributed by atoms with Gasteiger partial charge in [0.05, 0.1) is 18.1 Å². The summed E-state index contributed by atoms with van der Waals surface area (Å²) >= 11 is 0. The Hall–Kier alpha value is -4.07. The van der Waals surface area contributed by atoms with Crippen LogP contribution >= 0.6 is 0 Å². The second-order valence-electron chi connectivity index (χ2n) is 9.86. The average Bonchev–Trinajstić information content (AvgIpc) is 3.36. The van der Waals surface area contributed by atoms with E-state index in [1.807, 2.05) is 28.7 Å². The van der Waals surface area contributed by atoms with Crippen LogP contribution in [0.5, 0.6) is 0 Å². The Kier molecular flexibility index (Phi) is 6.16. The number of nitrogens with zero attached hydrogens (tertiary/aromatic N) is 4. The van der Waals surface area contributed by atoms with Gasteiger partial charge in [-0.1, -0.05) is 31.4 Å². The SMILES string of the molecule is O=C(NC1CCCCC1)c1ccc(-c2cnc3cnc(C(=O)N4CCCc5cc(F)ccc54)cn23)cc1. The van der Waals surface area contributed by atoms with Crippen molar-refractivity contribution in [1.82, 2.24) is 19.7 Å². The maximum Gasteiger partial charge on any atom is 0.278 e. The zero-order valence-corrected chi connectivity index (χ0v) is 20.5. The summed E-state index contributed by atoms with van der Waals surface area (Å²) < 4.78 is 15.6. The lowest BCUT2D eigenvalue weighted by molar-refractivity contribution is 0.0926. The van der Waals surface area contributed by atoms with Gasteiger partial charge in [-0.25, -0.2) is 14.4 Å². The van der Waals surface area contributed by atoms with Gasteiger partial charge in [-0.15, -0.1) is 0 Å². The van der Waals surface area contributed by atoms with Crippen LogP contribution in [0.3, 0.4) is 0 Å². The molecule has 0 spiro atoms. The van der Waals surface area contributed by atoms with Gasteiger partial charge < -0.3 is 10.2 Å². The summed E-state index contributed by atoms with van der Waals surface area (Å²) in [6, 6.07) is 12.2. The number of rotatable bonds is 4. The number of halogens is 1. The van der Waals surface area contributed by atoms with Gasteiger partial charge >= 0.3 is 0 Å². The van der Waals surface area contributed by atoms with Crippen LogP contribution in [0.15, 0.2) is 61.1 Å². The molecule has 188 valence electrons. The van der Waals surface area contributed by atoms with Crippen molar-refractivity contribution in [2.45, 2.75) is 51.0 Å². The highest BCUT2D eigenvalue weighted by atomic mass is 19.1. The molecule has 1 N–H and O–H groups in total. The minimum atomic E-state index is -0.298. The summed E-state index contributed by atoms with van der Waals surface area (Å²) in [7, 11) is 0. The number of carbonyl (C=O) groups excluding carboxylic acids is 2. The fourth-order valence-corrected chi connectivity index (χ4v) is 5.44. The molecule has 0 saturated heterocycles. The minimum Gasteiger partial charge on any atom is -0.349 e. The van der Waals surface area contributed by atoms with Crippen molar-refractivity contribution < 1.29 is 14.0 Å². The van der Waals surface area contributed by atoms with E-state index in [0.29, 0.717) is 17.8 Å². The van der Waals surface area contributed by atoms with Gasteiger partial charge in [-0.2, -0.15) is 0 Å². The number of carbonyl (C=O) groups is 2. The average molecular weight is 498 g/mol. The summed E-state index contributed by atoms with van der Waals surface area (Å²) in [5.41, 5.74) is 4.76. The second-order valence-corrected chi connectivity index (χ2v) is 9.86. The van der Waals surface area contributed by atoms with Crippen molar-refractivity contribution in [3.05, 3.63) is 83.7 Å². The minimum absolute atomic E-state index is 0.0460. The molecule has 0 radical (unpaired) electrons. The Morgan fingerprint density at radius 1 is 0.946 bits per heavy atom. The van der Waals surface area contributed by atoms with Gasteiger partial charge in [0.1, 0.15) is 11.5 Å². The molecule has 2 aliphatic rings. The first-order chi connectivity index (χ1) is 18.1.